The first-order valence-electron chi connectivity index (χ1n) is 5.85. The molecule has 1 saturated heterocycles. The molecular weight excluding hydrogens is 244 g/mol. The van der Waals surface area contributed by atoms with E-state index in [0.717, 1.165) is 6.42 Å². The first-order valence-corrected chi connectivity index (χ1v) is 7.67. The minimum absolute atomic E-state index is 0.0387. The van der Waals surface area contributed by atoms with E-state index in [-0.39, 0.29) is 36.5 Å². The Balaban J connectivity index is 2.22. The zero-order chi connectivity index (χ0) is 12.7. The summed E-state index contributed by atoms with van der Waals surface area (Å²) >= 11 is 0. The molecule has 1 aliphatic rings. The van der Waals surface area contributed by atoms with Crippen molar-refractivity contribution in [3.8, 4) is 0 Å². The highest BCUT2D eigenvalue weighted by molar-refractivity contribution is 7.91. The molecule has 0 saturated carbocycles. The zero-order valence-corrected chi connectivity index (χ0v) is 10.6. The number of unbranched alkanes of at least 4 members (excludes halogenated alkanes) is 1. The molecule has 0 radical (unpaired) electrons. The van der Waals surface area contributed by atoms with Crippen LogP contribution in [0, 0.1) is 0 Å². The monoisotopic (exact) mass is 264 g/mol. The van der Waals surface area contributed by atoms with Gasteiger partial charge in [0.15, 0.2) is 9.84 Å². The number of carbonyl (C=O) groups is 1. The van der Waals surface area contributed by atoms with E-state index in [1.54, 1.807) is 0 Å². The van der Waals surface area contributed by atoms with Gasteiger partial charge in [-0.25, -0.2) is 8.42 Å². The van der Waals surface area contributed by atoms with Crippen LogP contribution in [0.3, 0.4) is 0 Å². The second kappa shape index (κ2) is 6.93. The molecule has 0 bridgehead atoms. The van der Waals surface area contributed by atoms with Gasteiger partial charge in [0.25, 0.3) is 0 Å². The predicted molar refractivity (Wildman–Crippen MR) is 64.4 cm³/mol. The smallest absolute Gasteiger partial charge is 0.221 e. The highest BCUT2D eigenvalue weighted by atomic mass is 32.2. The minimum Gasteiger partial charge on any atom is -0.396 e. The van der Waals surface area contributed by atoms with Gasteiger partial charge in [0.05, 0.1) is 11.5 Å². The molecule has 6 nitrogen and oxygen atoms in total. The Morgan fingerprint density at radius 2 is 2.18 bits per heavy atom. The van der Waals surface area contributed by atoms with Crippen molar-refractivity contribution in [2.24, 2.45) is 0 Å². The summed E-state index contributed by atoms with van der Waals surface area (Å²) in [5.74, 6) is 0.0520. The molecule has 7 heteroatoms. The molecule has 0 spiro atoms. The maximum absolute atomic E-state index is 11.5. The Morgan fingerprint density at radius 1 is 1.41 bits per heavy atom. The molecule has 100 valence electrons. The lowest BCUT2D eigenvalue weighted by Gasteiger charge is -2.23. The van der Waals surface area contributed by atoms with Crippen LogP contribution in [0.5, 0.6) is 0 Å². The Labute approximate surface area is 102 Å². The number of rotatable bonds is 6. The van der Waals surface area contributed by atoms with Crippen LogP contribution in [0.15, 0.2) is 0 Å². The summed E-state index contributed by atoms with van der Waals surface area (Å²) < 4.78 is 22.7. The van der Waals surface area contributed by atoms with Crippen LogP contribution >= 0.6 is 0 Å². The molecule has 0 aromatic heterocycles. The number of sulfone groups is 1. The van der Waals surface area contributed by atoms with Gasteiger partial charge in [-0.05, 0) is 12.8 Å². The Hall–Kier alpha value is -0.660. The fourth-order valence-corrected chi connectivity index (χ4v) is 3.20. The number of hydrogen-bond acceptors (Lipinski definition) is 5. The lowest BCUT2D eigenvalue weighted by molar-refractivity contribution is -0.121. The van der Waals surface area contributed by atoms with E-state index in [9.17, 15) is 13.2 Å². The molecule has 1 heterocycles. The Morgan fingerprint density at radius 3 is 2.82 bits per heavy atom. The van der Waals surface area contributed by atoms with Crippen molar-refractivity contribution in [2.75, 3.05) is 31.2 Å². The Bertz CT molecular complexity index is 342. The maximum atomic E-state index is 11.5. The summed E-state index contributed by atoms with van der Waals surface area (Å²) in [6, 6.07) is -0.272. The van der Waals surface area contributed by atoms with Crippen LogP contribution in [-0.2, 0) is 14.6 Å². The molecule has 0 aromatic rings. The number of aliphatic hydroxyl groups excluding tert-OH is 1. The molecule has 1 unspecified atom stereocenters. The van der Waals surface area contributed by atoms with Gasteiger partial charge in [0, 0.05) is 32.2 Å². The highest BCUT2D eigenvalue weighted by Crippen LogP contribution is 2.04. The number of carbonyl (C=O) groups excluding carboxylic acids is 1. The van der Waals surface area contributed by atoms with E-state index in [1.165, 1.54) is 0 Å². The average Bonchev–Trinajstić information content (AvgIpc) is 2.23. The lowest BCUT2D eigenvalue weighted by atomic mass is 10.2. The summed E-state index contributed by atoms with van der Waals surface area (Å²) in [6.07, 6.45) is 1.59. The summed E-state index contributed by atoms with van der Waals surface area (Å²) in [5, 5.41) is 14.3. The van der Waals surface area contributed by atoms with Crippen molar-refractivity contribution < 1.29 is 18.3 Å². The van der Waals surface area contributed by atoms with Crippen LogP contribution in [0.1, 0.15) is 19.3 Å². The molecule has 3 N–H and O–H groups in total. The van der Waals surface area contributed by atoms with Gasteiger partial charge in [0.1, 0.15) is 0 Å². The quantitative estimate of drug-likeness (QED) is 0.516. The summed E-state index contributed by atoms with van der Waals surface area (Å²) in [5.41, 5.74) is 0. The van der Waals surface area contributed by atoms with E-state index in [0.29, 0.717) is 19.5 Å². The first-order chi connectivity index (χ1) is 8.03. The third-order valence-corrected chi connectivity index (χ3v) is 4.38. The third kappa shape index (κ3) is 5.99. The van der Waals surface area contributed by atoms with Gasteiger partial charge in [-0.2, -0.15) is 0 Å². The standard InChI is InChI=1S/C10H20N2O4S/c13-5-2-1-3-12-10(14)7-9-8-17(15,16)6-4-11-9/h9,11,13H,1-8H2,(H,12,14). The molecule has 0 aromatic carbocycles. The number of nitrogens with one attached hydrogen (secondary N) is 2. The molecule has 1 fully saturated rings. The van der Waals surface area contributed by atoms with Crippen LogP contribution in [-0.4, -0.2) is 56.7 Å². The lowest BCUT2D eigenvalue weighted by Crippen LogP contribution is -2.47. The molecule has 17 heavy (non-hydrogen) atoms. The average molecular weight is 264 g/mol. The molecule has 1 aliphatic heterocycles. The van der Waals surface area contributed by atoms with Crippen LogP contribution in [0.4, 0.5) is 0 Å². The predicted octanol–water partition coefficient (Wildman–Crippen LogP) is -1.35. The topological polar surface area (TPSA) is 95.5 Å². The Kier molecular flexibility index (Phi) is 5.87. The second-order valence-electron chi connectivity index (χ2n) is 4.25. The largest absolute Gasteiger partial charge is 0.396 e. The van der Waals surface area contributed by atoms with Gasteiger partial charge in [-0.3, -0.25) is 4.79 Å². The third-order valence-electron chi connectivity index (χ3n) is 2.64. The van der Waals surface area contributed by atoms with E-state index < -0.39 is 9.84 Å². The molecular formula is C10H20N2O4S. The molecule has 1 rings (SSSR count). The van der Waals surface area contributed by atoms with Gasteiger partial charge < -0.3 is 15.7 Å². The van der Waals surface area contributed by atoms with Crippen LogP contribution in [0.2, 0.25) is 0 Å². The van der Waals surface area contributed by atoms with Crippen LogP contribution < -0.4 is 10.6 Å². The van der Waals surface area contributed by atoms with Crippen LogP contribution in [0.25, 0.3) is 0 Å². The van der Waals surface area contributed by atoms with E-state index in [4.69, 9.17) is 5.11 Å². The van der Waals surface area contributed by atoms with E-state index in [1.807, 2.05) is 0 Å². The number of aliphatic hydroxyl groups is 1. The fraction of sp³-hybridized carbons (Fsp3) is 0.900. The minimum atomic E-state index is -2.98. The number of hydrogen-bond donors (Lipinski definition) is 3. The highest BCUT2D eigenvalue weighted by Gasteiger charge is 2.25. The van der Waals surface area contributed by atoms with Crippen molar-refractivity contribution >= 4 is 15.7 Å². The van der Waals surface area contributed by atoms with E-state index >= 15 is 0 Å². The number of amides is 1. The van der Waals surface area contributed by atoms with Crippen molar-refractivity contribution in [1.29, 1.82) is 0 Å². The van der Waals surface area contributed by atoms with Gasteiger partial charge in [-0.15, -0.1) is 0 Å². The maximum Gasteiger partial charge on any atom is 0.221 e. The van der Waals surface area contributed by atoms with Crippen molar-refractivity contribution in [3.05, 3.63) is 0 Å². The fourth-order valence-electron chi connectivity index (χ4n) is 1.76. The second-order valence-corrected chi connectivity index (χ2v) is 6.48. The summed E-state index contributed by atoms with van der Waals surface area (Å²) in [6.45, 7) is 1.07. The molecule has 1 amide bonds. The zero-order valence-electron chi connectivity index (χ0n) is 9.81. The van der Waals surface area contributed by atoms with Crippen molar-refractivity contribution in [2.45, 2.75) is 25.3 Å². The van der Waals surface area contributed by atoms with E-state index in [2.05, 4.69) is 10.6 Å². The SMILES string of the molecule is O=C(CC1CS(=O)(=O)CCN1)NCCCCO. The molecule has 1 atom stereocenters. The van der Waals surface area contributed by atoms with Crippen molar-refractivity contribution in [1.82, 2.24) is 10.6 Å². The summed E-state index contributed by atoms with van der Waals surface area (Å²) in [4.78, 5) is 11.5. The van der Waals surface area contributed by atoms with Crippen molar-refractivity contribution in [3.63, 3.8) is 0 Å². The van der Waals surface area contributed by atoms with Gasteiger partial charge in [0.2, 0.25) is 5.91 Å². The van der Waals surface area contributed by atoms with Gasteiger partial charge >= 0.3 is 0 Å². The van der Waals surface area contributed by atoms with Gasteiger partial charge in [-0.1, -0.05) is 0 Å². The normalized spacial score (nSPS) is 23.2. The summed E-state index contributed by atoms with van der Waals surface area (Å²) in [7, 11) is -2.98. The first kappa shape index (κ1) is 14.4. The molecule has 0 aliphatic carbocycles.